The second-order valence-electron chi connectivity index (χ2n) is 6.92. The van der Waals surface area contributed by atoms with Crippen molar-refractivity contribution in [1.82, 2.24) is 9.88 Å². The van der Waals surface area contributed by atoms with Gasteiger partial charge in [0.05, 0.1) is 18.8 Å². The van der Waals surface area contributed by atoms with Crippen LogP contribution in [0, 0.1) is 5.82 Å². The van der Waals surface area contributed by atoms with Crippen molar-refractivity contribution in [3.63, 3.8) is 0 Å². The molecule has 1 unspecified atom stereocenters. The molecule has 4 nitrogen and oxygen atoms in total. The predicted molar refractivity (Wildman–Crippen MR) is 101 cm³/mol. The van der Waals surface area contributed by atoms with Crippen molar-refractivity contribution < 1.29 is 13.5 Å². The van der Waals surface area contributed by atoms with Crippen LogP contribution in [0.5, 0.6) is 0 Å². The van der Waals surface area contributed by atoms with Crippen LogP contribution in [-0.2, 0) is 17.8 Å². The van der Waals surface area contributed by atoms with E-state index in [4.69, 9.17) is 9.15 Å². The molecular weight excluding hydrogens is 343 g/mol. The summed E-state index contributed by atoms with van der Waals surface area (Å²) in [5.74, 6) is 1.20. The molecule has 0 amide bonds. The van der Waals surface area contributed by atoms with Gasteiger partial charge in [-0.2, -0.15) is 0 Å². The molecule has 1 saturated heterocycles. The zero-order valence-electron chi connectivity index (χ0n) is 15.2. The molecule has 2 aromatic carbocycles. The molecule has 1 aromatic heterocycles. The summed E-state index contributed by atoms with van der Waals surface area (Å²) >= 11 is 0. The van der Waals surface area contributed by atoms with E-state index in [-0.39, 0.29) is 11.9 Å². The predicted octanol–water partition coefficient (Wildman–Crippen LogP) is 4.66. The summed E-state index contributed by atoms with van der Waals surface area (Å²) in [5.41, 5.74) is 1.94. The van der Waals surface area contributed by atoms with E-state index < -0.39 is 0 Å². The fourth-order valence-corrected chi connectivity index (χ4v) is 3.47. The fraction of sp³-hybridized carbons (Fsp3) is 0.318. The van der Waals surface area contributed by atoms with Gasteiger partial charge in [-0.1, -0.05) is 42.5 Å². The molecule has 1 aliphatic heterocycles. The minimum Gasteiger partial charge on any atom is -0.439 e. The first kappa shape index (κ1) is 17.9. The highest BCUT2D eigenvalue weighted by atomic mass is 19.1. The molecule has 27 heavy (non-hydrogen) atoms. The Bertz CT molecular complexity index is 860. The Morgan fingerprint density at radius 3 is 2.74 bits per heavy atom. The van der Waals surface area contributed by atoms with Gasteiger partial charge in [-0.3, -0.25) is 4.90 Å². The van der Waals surface area contributed by atoms with Crippen molar-refractivity contribution >= 4 is 0 Å². The maximum Gasteiger partial charge on any atom is 0.209 e. The number of nitrogens with zero attached hydrogens (tertiary/aromatic N) is 2. The Kier molecular flexibility index (Phi) is 5.61. The number of hydrogen-bond donors (Lipinski definition) is 0. The third-order valence-electron chi connectivity index (χ3n) is 4.75. The van der Waals surface area contributed by atoms with E-state index in [0.717, 1.165) is 42.9 Å². The normalized spacial score (nSPS) is 16.9. The summed E-state index contributed by atoms with van der Waals surface area (Å²) in [6.07, 6.45) is 4.12. The van der Waals surface area contributed by atoms with Crippen LogP contribution in [0.2, 0.25) is 0 Å². The minimum absolute atomic E-state index is 0.210. The Labute approximate surface area is 158 Å². The largest absolute Gasteiger partial charge is 0.439 e. The molecule has 0 spiro atoms. The number of benzene rings is 2. The van der Waals surface area contributed by atoms with Crippen LogP contribution in [0.4, 0.5) is 4.39 Å². The van der Waals surface area contributed by atoms with Crippen molar-refractivity contribution in [2.75, 3.05) is 13.2 Å². The van der Waals surface area contributed by atoms with Gasteiger partial charge in [0.15, 0.2) is 5.76 Å². The number of aromatic nitrogens is 1. The smallest absolute Gasteiger partial charge is 0.209 e. The van der Waals surface area contributed by atoms with Gasteiger partial charge >= 0.3 is 0 Å². The Balaban J connectivity index is 1.49. The van der Waals surface area contributed by atoms with Crippen molar-refractivity contribution in [2.45, 2.75) is 32.0 Å². The quantitative estimate of drug-likeness (QED) is 0.609. The van der Waals surface area contributed by atoms with Crippen molar-refractivity contribution in [2.24, 2.45) is 0 Å². The van der Waals surface area contributed by atoms with Gasteiger partial charge in [-0.15, -0.1) is 0 Å². The van der Waals surface area contributed by atoms with E-state index in [1.807, 2.05) is 36.4 Å². The zero-order chi connectivity index (χ0) is 18.5. The van der Waals surface area contributed by atoms with Crippen LogP contribution in [0.15, 0.2) is 65.2 Å². The number of oxazole rings is 1. The average Bonchev–Trinajstić information content (AvgIpc) is 3.35. The maximum absolute atomic E-state index is 13.6. The van der Waals surface area contributed by atoms with Gasteiger partial charge in [0.25, 0.3) is 0 Å². The molecule has 3 aromatic rings. The minimum atomic E-state index is -0.216. The summed E-state index contributed by atoms with van der Waals surface area (Å²) in [5, 5.41) is 0. The van der Waals surface area contributed by atoms with Gasteiger partial charge < -0.3 is 9.15 Å². The van der Waals surface area contributed by atoms with Crippen LogP contribution < -0.4 is 0 Å². The van der Waals surface area contributed by atoms with Crippen LogP contribution in [0.3, 0.4) is 0 Å². The summed E-state index contributed by atoms with van der Waals surface area (Å²) in [4.78, 5) is 6.66. The number of rotatable bonds is 7. The fourth-order valence-electron chi connectivity index (χ4n) is 3.47. The first-order valence-corrected chi connectivity index (χ1v) is 9.35. The van der Waals surface area contributed by atoms with E-state index in [2.05, 4.69) is 9.88 Å². The number of hydrogen-bond acceptors (Lipinski definition) is 4. The molecule has 5 heteroatoms. The SMILES string of the molecule is Fc1cccc(CN(Cc2ncc(-c3ccccc3)o2)CC2CCCO2)c1. The van der Waals surface area contributed by atoms with Gasteiger partial charge in [-0.25, -0.2) is 9.37 Å². The van der Waals surface area contributed by atoms with Crippen molar-refractivity contribution in [1.29, 1.82) is 0 Å². The molecule has 2 heterocycles. The van der Waals surface area contributed by atoms with E-state index in [0.29, 0.717) is 19.0 Å². The molecule has 0 aliphatic carbocycles. The van der Waals surface area contributed by atoms with Crippen LogP contribution in [0.1, 0.15) is 24.3 Å². The van der Waals surface area contributed by atoms with E-state index in [1.54, 1.807) is 18.3 Å². The number of ether oxygens (including phenoxy) is 1. The summed E-state index contributed by atoms with van der Waals surface area (Å²) in [6.45, 7) is 2.78. The molecule has 0 radical (unpaired) electrons. The lowest BCUT2D eigenvalue weighted by Crippen LogP contribution is -2.31. The summed E-state index contributed by atoms with van der Waals surface area (Å²) < 4.78 is 25.3. The Morgan fingerprint density at radius 2 is 1.96 bits per heavy atom. The molecule has 140 valence electrons. The van der Waals surface area contributed by atoms with Crippen LogP contribution in [0.25, 0.3) is 11.3 Å². The molecule has 0 bridgehead atoms. The molecular formula is C22H23FN2O2. The average molecular weight is 366 g/mol. The Hall–Kier alpha value is -2.50. The van der Waals surface area contributed by atoms with Crippen molar-refractivity contribution in [3.05, 3.63) is 78.1 Å². The third kappa shape index (κ3) is 4.81. The topological polar surface area (TPSA) is 38.5 Å². The first-order valence-electron chi connectivity index (χ1n) is 9.35. The van der Waals surface area contributed by atoms with Gasteiger partial charge in [0, 0.05) is 25.3 Å². The lowest BCUT2D eigenvalue weighted by molar-refractivity contribution is 0.0649. The lowest BCUT2D eigenvalue weighted by Gasteiger charge is -2.24. The maximum atomic E-state index is 13.6. The van der Waals surface area contributed by atoms with Gasteiger partial charge in [0.2, 0.25) is 5.89 Å². The monoisotopic (exact) mass is 366 g/mol. The second kappa shape index (κ2) is 8.46. The molecule has 1 fully saturated rings. The third-order valence-corrected chi connectivity index (χ3v) is 4.75. The highest BCUT2D eigenvalue weighted by molar-refractivity contribution is 5.55. The van der Waals surface area contributed by atoms with Gasteiger partial charge in [0.1, 0.15) is 5.82 Å². The second-order valence-corrected chi connectivity index (χ2v) is 6.92. The Morgan fingerprint density at radius 1 is 1.07 bits per heavy atom. The first-order chi connectivity index (χ1) is 13.3. The summed E-state index contributed by atoms with van der Waals surface area (Å²) in [7, 11) is 0. The highest BCUT2D eigenvalue weighted by Crippen LogP contribution is 2.22. The standard InChI is InChI=1S/C22H23FN2O2/c23-19-9-4-6-17(12-19)14-25(15-20-10-5-11-26-20)16-22-24-13-21(27-22)18-7-2-1-3-8-18/h1-4,6-9,12-13,20H,5,10-11,14-16H2. The lowest BCUT2D eigenvalue weighted by atomic mass is 10.1. The highest BCUT2D eigenvalue weighted by Gasteiger charge is 2.21. The number of halogens is 1. The van der Waals surface area contributed by atoms with Crippen LogP contribution >= 0.6 is 0 Å². The zero-order valence-corrected chi connectivity index (χ0v) is 15.2. The van der Waals surface area contributed by atoms with E-state index >= 15 is 0 Å². The molecule has 1 aliphatic rings. The van der Waals surface area contributed by atoms with E-state index in [9.17, 15) is 4.39 Å². The van der Waals surface area contributed by atoms with Crippen LogP contribution in [-0.4, -0.2) is 29.1 Å². The molecule has 0 saturated carbocycles. The molecule has 1 atom stereocenters. The van der Waals surface area contributed by atoms with E-state index in [1.165, 1.54) is 6.07 Å². The molecule has 4 rings (SSSR count). The summed E-state index contributed by atoms with van der Waals surface area (Å²) in [6, 6.07) is 16.7. The van der Waals surface area contributed by atoms with Gasteiger partial charge in [-0.05, 0) is 30.5 Å². The molecule has 0 N–H and O–H groups in total. The van der Waals surface area contributed by atoms with Crippen molar-refractivity contribution in [3.8, 4) is 11.3 Å².